The molecule has 0 aromatic heterocycles. The van der Waals surface area contributed by atoms with Gasteiger partial charge in [-0.05, 0) is 18.6 Å². The first kappa shape index (κ1) is 24.1. The monoisotopic (exact) mass is 341 g/mol. The Morgan fingerprint density at radius 1 is 0.909 bits per heavy atom. The number of rotatable bonds is 9. The van der Waals surface area contributed by atoms with Gasteiger partial charge >= 0.3 is 10.4 Å². The standard InChI is InChI=1S/C15H24O.Na.H2O4S/c1-2-3-4-5-6-7-11-14-16-15-12-9-8-10-13-15;;1-5(2,3)4/h8-10,12-13H,2-7,11,14H2,1H3;;(H2,1,2,3,4). The number of ether oxygens (including phenoxy) is 1. The third-order valence-electron chi connectivity index (χ3n) is 2.76. The molecule has 1 aromatic carbocycles. The average Bonchev–Trinajstić information content (AvgIpc) is 2.41. The van der Waals surface area contributed by atoms with E-state index in [4.69, 9.17) is 22.3 Å². The van der Waals surface area contributed by atoms with E-state index in [-0.39, 0.29) is 29.6 Å². The van der Waals surface area contributed by atoms with E-state index in [0.717, 1.165) is 12.4 Å². The van der Waals surface area contributed by atoms with Crippen molar-refractivity contribution >= 4 is 40.0 Å². The predicted molar refractivity (Wildman–Crippen MR) is 89.9 cm³/mol. The van der Waals surface area contributed by atoms with Gasteiger partial charge in [0.15, 0.2) is 0 Å². The molecule has 2 N–H and O–H groups in total. The van der Waals surface area contributed by atoms with Crippen molar-refractivity contribution in [3.8, 4) is 5.75 Å². The van der Waals surface area contributed by atoms with Crippen LogP contribution in [-0.2, 0) is 10.4 Å². The fourth-order valence-corrected chi connectivity index (χ4v) is 1.77. The molecule has 0 heterocycles. The van der Waals surface area contributed by atoms with Gasteiger partial charge in [0.1, 0.15) is 5.75 Å². The van der Waals surface area contributed by atoms with Crippen LogP contribution in [0, 0.1) is 0 Å². The molecule has 5 nitrogen and oxygen atoms in total. The van der Waals surface area contributed by atoms with Gasteiger partial charge in [-0.3, -0.25) is 9.11 Å². The molecule has 7 heteroatoms. The molecule has 22 heavy (non-hydrogen) atoms. The van der Waals surface area contributed by atoms with Crippen molar-refractivity contribution in [3.63, 3.8) is 0 Å². The van der Waals surface area contributed by atoms with Gasteiger partial charge in [-0.1, -0.05) is 63.6 Å². The fourth-order valence-electron chi connectivity index (χ4n) is 1.77. The molecule has 0 aliphatic rings. The molecule has 0 amide bonds. The maximum atomic E-state index is 8.74. The van der Waals surface area contributed by atoms with E-state index in [1.165, 1.54) is 44.9 Å². The van der Waals surface area contributed by atoms with Crippen LogP contribution in [0.4, 0.5) is 0 Å². The molecule has 1 aromatic rings. The van der Waals surface area contributed by atoms with Crippen LogP contribution in [0.25, 0.3) is 0 Å². The molecule has 1 rings (SSSR count). The van der Waals surface area contributed by atoms with E-state index in [9.17, 15) is 0 Å². The summed E-state index contributed by atoms with van der Waals surface area (Å²) in [5, 5.41) is 0. The molecule has 0 bridgehead atoms. The number of para-hydroxylation sites is 1. The van der Waals surface area contributed by atoms with E-state index in [1.54, 1.807) is 0 Å². The molecule has 0 aliphatic heterocycles. The maximum Gasteiger partial charge on any atom is 0.394 e. The Bertz CT molecular complexity index is 429. The van der Waals surface area contributed by atoms with Crippen LogP contribution in [0.2, 0.25) is 0 Å². The third kappa shape index (κ3) is 22.2. The van der Waals surface area contributed by atoms with E-state index < -0.39 is 10.4 Å². The van der Waals surface area contributed by atoms with E-state index in [0.29, 0.717) is 0 Å². The zero-order chi connectivity index (χ0) is 16.0. The molecule has 0 atom stereocenters. The Balaban J connectivity index is 0. The van der Waals surface area contributed by atoms with Crippen LogP contribution in [0.15, 0.2) is 30.3 Å². The van der Waals surface area contributed by atoms with E-state index in [2.05, 4.69) is 6.92 Å². The summed E-state index contributed by atoms with van der Waals surface area (Å²) in [7, 11) is -4.67. The molecule has 0 spiro atoms. The zero-order valence-electron chi connectivity index (χ0n) is 13.6. The zero-order valence-corrected chi connectivity index (χ0v) is 16.4. The minimum Gasteiger partial charge on any atom is -0.494 e. The van der Waals surface area contributed by atoms with Crippen LogP contribution in [-0.4, -0.2) is 53.7 Å². The summed E-state index contributed by atoms with van der Waals surface area (Å²) < 4.78 is 37.2. The summed E-state index contributed by atoms with van der Waals surface area (Å²) >= 11 is 0. The average molecular weight is 341 g/mol. The summed E-state index contributed by atoms with van der Waals surface area (Å²) in [6, 6.07) is 10.1. The van der Waals surface area contributed by atoms with Crippen molar-refractivity contribution in [1.29, 1.82) is 0 Å². The second-order valence-corrected chi connectivity index (χ2v) is 5.63. The van der Waals surface area contributed by atoms with Gasteiger partial charge in [0.25, 0.3) is 0 Å². The van der Waals surface area contributed by atoms with Crippen molar-refractivity contribution in [3.05, 3.63) is 30.3 Å². The summed E-state index contributed by atoms with van der Waals surface area (Å²) in [4.78, 5) is 0. The van der Waals surface area contributed by atoms with Crippen LogP contribution in [0.1, 0.15) is 51.9 Å². The van der Waals surface area contributed by atoms with E-state index >= 15 is 0 Å². The molecule has 0 aliphatic carbocycles. The van der Waals surface area contributed by atoms with Gasteiger partial charge in [0.05, 0.1) is 6.61 Å². The third-order valence-corrected chi connectivity index (χ3v) is 2.76. The summed E-state index contributed by atoms with van der Waals surface area (Å²) in [6.45, 7) is 3.12. The van der Waals surface area contributed by atoms with Gasteiger partial charge in [-0.25, -0.2) is 0 Å². The Hall–Kier alpha value is -0.110. The number of benzene rings is 1. The van der Waals surface area contributed by atoms with Crippen molar-refractivity contribution in [2.24, 2.45) is 0 Å². The molecule has 1 radical (unpaired) electrons. The Morgan fingerprint density at radius 3 is 1.86 bits per heavy atom. The van der Waals surface area contributed by atoms with Gasteiger partial charge in [-0.15, -0.1) is 0 Å². The molecule has 123 valence electrons. The number of unbranched alkanes of at least 4 members (excludes halogenated alkanes) is 6. The van der Waals surface area contributed by atoms with Crippen molar-refractivity contribution in [1.82, 2.24) is 0 Å². The molecule has 0 unspecified atom stereocenters. The Labute approximate surface area is 156 Å². The SMILES string of the molecule is CCCCCCCCCOc1ccccc1.O=S(=O)(O)O.[Na]. The molecule has 0 saturated heterocycles. The predicted octanol–water partition coefficient (Wildman–Crippen LogP) is 3.78. The van der Waals surface area contributed by atoms with Crippen molar-refractivity contribution in [2.75, 3.05) is 6.61 Å². The van der Waals surface area contributed by atoms with Crippen molar-refractivity contribution < 1.29 is 22.3 Å². The first-order valence-electron chi connectivity index (χ1n) is 7.31. The van der Waals surface area contributed by atoms with Gasteiger partial charge < -0.3 is 4.74 Å². The van der Waals surface area contributed by atoms with Gasteiger partial charge in [-0.2, -0.15) is 8.42 Å². The first-order chi connectivity index (χ1) is 9.93. The topological polar surface area (TPSA) is 83.8 Å². The molecular weight excluding hydrogens is 315 g/mol. The van der Waals surface area contributed by atoms with Gasteiger partial charge in [0, 0.05) is 29.6 Å². The van der Waals surface area contributed by atoms with Crippen LogP contribution in [0.3, 0.4) is 0 Å². The summed E-state index contributed by atoms with van der Waals surface area (Å²) in [6.07, 6.45) is 9.35. The normalized spacial score (nSPS) is 10.1. The largest absolute Gasteiger partial charge is 0.494 e. The van der Waals surface area contributed by atoms with Gasteiger partial charge in [0.2, 0.25) is 0 Å². The first-order valence-corrected chi connectivity index (χ1v) is 8.71. The Kier molecular flexibility index (Phi) is 17.3. The minimum absolute atomic E-state index is 0. The van der Waals surface area contributed by atoms with Crippen LogP contribution in [0.5, 0.6) is 5.75 Å². The smallest absolute Gasteiger partial charge is 0.394 e. The van der Waals surface area contributed by atoms with Crippen molar-refractivity contribution in [2.45, 2.75) is 51.9 Å². The second-order valence-electron chi connectivity index (χ2n) is 4.73. The summed E-state index contributed by atoms with van der Waals surface area (Å²) in [5.41, 5.74) is 0. The number of hydrogen-bond donors (Lipinski definition) is 2. The summed E-state index contributed by atoms with van der Waals surface area (Å²) in [5.74, 6) is 0.994. The van der Waals surface area contributed by atoms with E-state index in [1.807, 2.05) is 30.3 Å². The molecule has 0 fully saturated rings. The van der Waals surface area contributed by atoms with Crippen LogP contribution >= 0.6 is 0 Å². The maximum absolute atomic E-state index is 8.74. The number of hydrogen-bond acceptors (Lipinski definition) is 3. The minimum atomic E-state index is -4.67. The Morgan fingerprint density at radius 2 is 1.36 bits per heavy atom. The second kappa shape index (κ2) is 15.8. The quantitative estimate of drug-likeness (QED) is 0.406. The van der Waals surface area contributed by atoms with Crippen LogP contribution < -0.4 is 4.74 Å². The molecule has 0 saturated carbocycles. The molecular formula is C15H26NaO5S. The fraction of sp³-hybridized carbons (Fsp3) is 0.600.